The van der Waals surface area contributed by atoms with Gasteiger partial charge in [-0.2, -0.15) is 0 Å². The van der Waals surface area contributed by atoms with Crippen molar-refractivity contribution in [2.45, 2.75) is 6.36 Å². The van der Waals surface area contributed by atoms with Crippen molar-refractivity contribution in [2.24, 2.45) is 0 Å². The Morgan fingerprint density at radius 2 is 1.71 bits per heavy atom. The van der Waals surface area contributed by atoms with E-state index in [4.69, 9.17) is 4.74 Å². The molecule has 0 atom stereocenters. The topological polar surface area (TPSA) is 73.3 Å². The first kappa shape index (κ1) is 19.1. The Kier molecular flexibility index (Phi) is 5.39. The van der Waals surface area contributed by atoms with Crippen LogP contribution < -0.4 is 14.8 Å². The lowest BCUT2D eigenvalue weighted by molar-refractivity contribution is -0.274. The Morgan fingerprint density at radius 1 is 1.00 bits per heavy atom. The van der Waals surface area contributed by atoms with Gasteiger partial charge < -0.3 is 14.8 Å². The highest BCUT2D eigenvalue weighted by molar-refractivity contribution is 6.04. The van der Waals surface area contributed by atoms with Crippen molar-refractivity contribution < 1.29 is 31.8 Å². The summed E-state index contributed by atoms with van der Waals surface area (Å²) in [7, 11) is 0. The summed E-state index contributed by atoms with van der Waals surface area (Å²) in [6.07, 6.45) is -2.45. The first-order chi connectivity index (χ1) is 13.3. The van der Waals surface area contributed by atoms with E-state index in [-0.39, 0.29) is 23.0 Å². The number of halogens is 4. The largest absolute Gasteiger partial charge is 0.573 e. The predicted molar refractivity (Wildman–Crippen MR) is 89.6 cm³/mol. The fourth-order valence-electron chi connectivity index (χ4n) is 2.10. The number of carbonyl (C=O) groups is 1. The number of para-hydroxylation sites is 1. The second-order valence-corrected chi connectivity index (χ2v) is 5.32. The minimum absolute atomic E-state index is 0.0616. The molecule has 1 heterocycles. The van der Waals surface area contributed by atoms with Crippen molar-refractivity contribution in [3.05, 3.63) is 72.3 Å². The number of benzene rings is 2. The molecular formula is C18H11F4N3O3. The number of amides is 1. The summed E-state index contributed by atoms with van der Waals surface area (Å²) in [6.45, 7) is 0. The molecule has 0 aliphatic heterocycles. The van der Waals surface area contributed by atoms with E-state index in [2.05, 4.69) is 20.0 Å². The number of nitrogens with one attached hydrogen (secondary N) is 1. The minimum Gasteiger partial charge on any atom is -0.421 e. The van der Waals surface area contributed by atoms with Crippen LogP contribution in [0.25, 0.3) is 0 Å². The molecule has 10 heteroatoms. The summed E-state index contributed by atoms with van der Waals surface area (Å²) in [5.41, 5.74) is 0.0986. The van der Waals surface area contributed by atoms with E-state index in [9.17, 15) is 22.4 Å². The van der Waals surface area contributed by atoms with E-state index in [1.165, 1.54) is 42.7 Å². The number of aromatic nitrogens is 2. The molecule has 0 saturated heterocycles. The molecule has 6 nitrogen and oxygen atoms in total. The highest BCUT2D eigenvalue weighted by Gasteiger charge is 2.31. The zero-order valence-corrected chi connectivity index (χ0v) is 13.9. The van der Waals surface area contributed by atoms with Crippen molar-refractivity contribution in [1.29, 1.82) is 0 Å². The summed E-state index contributed by atoms with van der Waals surface area (Å²) < 4.78 is 59.3. The van der Waals surface area contributed by atoms with Crippen LogP contribution in [0.2, 0.25) is 0 Å². The van der Waals surface area contributed by atoms with Crippen LogP contribution in [0, 0.1) is 5.82 Å². The zero-order chi connectivity index (χ0) is 20.1. The van der Waals surface area contributed by atoms with Crippen molar-refractivity contribution in [3.8, 4) is 17.5 Å². The van der Waals surface area contributed by atoms with E-state index in [0.29, 0.717) is 0 Å². The summed E-state index contributed by atoms with van der Waals surface area (Å²) in [5, 5.41) is 2.42. The third kappa shape index (κ3) is 5.16. The van der Waals surface area contributed by atoms with Crippen LogP contribution in [0.3, 0.4) is 0 Å². The standard InChI is InChI=1S/C18H11F4N3O3/c19-14-6-1-2-7-15(14)27-17-23-9-12(10-24-17)25-16(26)11-4-3-5-13(8-11)28-18(20,21)22/h1-10H,(H,25,26). The number of ether oxygens (including phenoxy) is 2. The van der Waals surface area contributed by atoms with Gasteiger partial charge in [0.1, 0.15) is 5.75 Å². The highest BCUT2D eigenvalue weighted by Crippen LogP contribution is 2.24. The summed E-state index contributed by atoms with van der Waals surface area (Å²) in [5.74, 6) is -1.88. The molecule has 0 radical (unpaired) electrons. The van der Waals surface area contributed by atoms with Gasteiger partial charge in [0.2, 0.25) is 0 Å². The van der Waals surface area contributed by atoms with E-state index in [0.717, 1.165) is 12.1 Å². The Bertz CT molecular complexity index is 978. The van der Waals surface area contributed by atoms with Gasteiger partial charge in [-0.25, -0.2) is 14.4 Å². The summed E-state index contributed by atoms with van der Waals surface area (Å²) in [6, 6.07) is 10.1. The maximum Gasteiger partial charge on any atom is 0.573 e. The smallest absolute Gasteiger partial charge is 0.421 e. The van der Waals surface area contributed by atoms with Crippen LogP contribution >= 0.6 is 0 Å². The van der Waals surface area contributed by atoms with Gasteiger partial charge in [0, 0.05) is 5.56 Å². The van der Waals surface area contributed by atoms with Crippen LogP contribution in [-0.2, 0) is 0 Å². The number of hydrogen-bond acceptors (Lipinski definition) is 5. The molecule has 0 spiro atoms. The van der Waals surface area contributed by atoms with Gasteiger partial charge in [-0.3, -0.25) is 4.79 Å². The fraction of sp³-hybridized carbons (Fsp3) is 0.0556. The predicted octanol–water partition coefficient (Wildman–Crippen LogP) is 4.56. The normalized spacial score (nSPS) is 11.0. The van der Waals surface area contributed by atoms with E-state index < -0.39 is 23.8 Å². The molecule has 0 aliphatic rings. The lowest BCUT2D eigenvalue weighted by atomic mass is 10.2. The average Bonchev–Trinajstić information content (AvgIpc) is 2.64. The lowest BCUT2D eigenvalue weighted by Gasteiger charge is -2.10. The SMILES string of the molecule is O=C(Nc1cnc(Oc2ccccc2F)nc1)c1cccc(OC(F)(F)F)c1. The second kappa shape index (κ2) is 7.91. The Labute approximate surface area is 155 Å². The van der Waals surface area contributed by atoms with Crippen molar-refractivity contribution in [2.75, 3.05) is 5.32 Å². The third-order valence-electron chi connectivity index (χ3n) is 3.25. The first-order valence-electron chi connectivity index (χ1n) is 7.72. The molecule has 28 heavy (non-hydrogen) atoms. The maximum atomic E-state index is 13.5. The van der Waals surface area contributed by atoms with Gasteiger partial charge in [0.15, 0.2) is 11.6 Å². The molecule has 1 amide bonds. The third-order valence-corrected chi connectivity index (χ3v) is 3.25. The second-order valence-electron chi connectivity index (χ2n) is 5.32. The van der Waals surface area contributed by atoms with Crippen LogP contribution in [0.1, 0.15) is 10.4 Å². The van der Waals surface area contributed by atoms with Crippen molar-refractivity contribution >= 4 is 11.6 Å². The quantitative estimate of drug-likeness (QED) is 0.644. The van der Waals surface area contributed by atoms with Gasteiger partial charge in [-0.05, 0) is 30.3 Å². The molecule has 2 aromatic carbocycles. The van der Waals surface area contributed by atoms with Crippen LogP contribution in [0.15, 0.2) is 60.9 Å². The lowest BCUT2D eigenvalue weighted by Crippen LogP contribution is -2.18. The molecule has 1 aromatic heterocycles. The Balaban J connectivity index is 1.66. The van der Waals surface area contributed by atoms with Gasteiger partial charge in [-0.1, -0.05) is 18.2 Å². The highest BCUT2D eigenvalue weighted by atomic mass is 19.4. The molecule has 0 saturated carbocycles. The molecule has 1 N–H and O–H groups in total. The number of nitrogens with zero attached hydrogens (tertiary/aromatic N) is 2. The zero-order valence-electron chi connectivity index (χ0n) is 13.9. The van der Waals surface area contributed by atoms with Gasteiger partial charge in [-0.15, -0.1) is 13.2 Å². The molecule has 144 valence electrons. The Morgan fingerprint density at radius 3 is 2.39 bits per heavy atom. The van der Waals surface area contributed by atoms with Gasteiger partial charge in [0.25, 0.3) is 5.91 Å². The molecule has 0 aliphatic carbocycles. The number of rotatable bonds is 5. The van der Waals surface area contributed by atoms with Crippen LogP contribution in [0.5, 0.6) is 17.5 Å². The number of carbonyl (C=O) groups excluding carboxylic acids is 1. The van der Waals surface area contributed by atoms with E-state index in [1.54, 1.807) is 6.07 Å². The molecule has 3 rings (SSSR count). The van der Waals surface area contributed by atoms with Gasteiger partial charge >= 0.3 is 12.4 Å². The summed E-state index contributed by atoms with van der Waals surface area (Å²) in [4.78, 5) is 19.8. The van der Waals surface area contributed by atoms with Crippen molar-refractivity contribution in [1.82, 2.24) is 9.97 Å². The van der Waals surface area contributed by atoms with E-state index in [1.807, 2.05) is 0 Å². The van der Waals surface area contributed by atoms with Crippen LogP contribution in [-0.4, -0.2) is 22.2 Å². The summed E-state index contributed by atoms with van der Waals surface area (Å²) >= 11 is 0. The molecule has 0 unspecified atom stereocenters. The molecular weight excluding hydrogens is 382 g/mol. The molecule has 0 fully saturated rings. The Hall–Kier alpha value is -3.69. The number of alkyl halides is 3. The van der Waals surface area contributed by atoms with Crippen molar-refractivity contribution in [3.63, 3.8) is 0 Å². The maximum absolute atomic E-state index is 13.5. The number of hydrogen-bond donors (Lipinski definition) is 1. The fourth-order valence-corrected chi connectivity index (χ4v) is 2.10. The van der Waals surface area contributed by atoms with E-state index >= 15 is 0 Å². The van der Waals surface area contributed by atoms with Crippen LogP contribution in [0.4, 0.5) is 23.2 Å². The number of anilines is 1. The average molecular weight is 393 g/mol. The minimum atomic E-state index is -4.86. The molecule has 0 bridgehead atoms. The monoisotopic (exact) mass is 393 g/mol. The first-order valence-corrected chi connectivity index (χ1v) is 7.72. The van der Waals surface area contributed by atoms with Gasteiger partial charge in [0.05, 0.1) is 18.1 Å². The molecule has 3 aromatic rings.